The smallest absolute Gasteiger partial charge is 0.276 e. The van der Waals surface area contributed by atoms with E-state index in [4.69, 9.17) is 16.4 Å². The Morgan fingerprint density at radius 1 is 1.24 bits per heavy atom. The lowest BCUT2D eigenvalue weighted by Crippen LogP contribution is -2.29. The highest BCUT2D eigenvalue weighted by Crippen LogP contribution is 2.26. The quantitative estimate of drug-likeness (QED) is 0.570. The third kappa shape index (κ3) is 4.31. The van der Waals surface area contributed by atoms with Crippen LogP contribution in [-0.4, -0.2) is 43.2 Å². The molecule has 0 bridgehead atoms. The van der Waals surface area contributed by atoms with Crippen molar-refractivity contribution in [2.45, 2.75) is 32.9 Å². The van der Waals surface area contributed by atoms with Gasteiger partial charge in [0.2, 0.25) is 6.10 Å². The molecule has 4 rings (SSSR count). The summed E-state index contributed by atoms with van der Waals surface area (Å²) in [6.07, 6.45) is 1.93. The van der Waals surface area contributed by atoms with Crippen molar-refractivity contribution in [3.63, 3.8) is 0 Å². The molecule has 3 aromatic rings. The number of hydrogen-bond donors (Lipinski definition) is 2. The maximum atomic E-state index is 14.2. The lowest BCUT2D eigenvalue weighted by atomic mass is 10.0. The van der Waals surface area contributed by atoms with Gasteiger partial charge in [-0.3, -0.25) is 19.0 Å². The monoisotopic (exact) mass is 473 g/mol. The van der Waals surface area contributed by atoms with Crippen LogP contribution >= 0.6 is 11.6 Å². The molecule has 1 unspecified atom stereocenters. The molecule has 0 fully saturated rings. The number of carbonyl (C=O) groups is 2. The minimum Gasteiger partial charge on any atom is -0.382 e. The van der Waals surface area contributed by atoms with Gasteiger partial charge in [-0.2, -0.15) is 10.2 Å². The molecule has 2 amide bonds. The van der Waals surface area contributed by atoms with Crippen molar-refractivity contribution < 1.29 is 18.8 Å². The number of nitrogens with zero attached hydrogens (tertiary/aromatic N) is 5. The van der Waals surface area contributed by atoms with Gasteiger partial charge < -0.3 is 15.5 Å². The molecular formula is C21H21ClFN7O3. The summed E-state index contributed by atoms with van der Waals surface area (Å²) in [7, 11) is 1.76. The minimum absolute atomic E-state index is 0.0187. The third-order valence-corrected chi connectivity index (χ3v) is 5.62. The molecule has 3 heterocycles. The van der Waals surface area contributed by atoms with E-state index in [0.29, 0.717) is 12.2 Å². The van der Waals surface area contributed by atoms with Gasteiger partial charge in [0.15, 0.2) is 0 Å². The Balaban J connectivity index is 1.50. The van der Waals surface area contributed by atoms with Gasteiger partial charge in [0, 0.05) is 20.0 Å². The number of halogens is 2. The molecule has 2 N–H and O–H groups in total. The normalized spacial score (nSPS) is 15.2. The highest BCUT2D eigenvalue weighted by molar-refractivity contribution is 6.34. The first kappa shape index (κ1) is 22.5. The van der Waals surface area contributed by atoms with Crippen LogP contribution in [0.2, 0.25) is 5.02 Å². The second-order valence-corrected chi connectivity index (χ2v) is 7.77. The van der Waals surface area contributed by atoms with Gasteiger partial charge in [-0.25, -0.2) is 4.39 Å². The van der Waals surface area contributed by atoms with Gasteiger partial charge in [-0.05, 0) is 26.0 Å². The number of rotatable bonds is 6. The van der Waals surface area contributed by atoms with E-state index in [1.54, 1.807) is 11.7 Å². The van der Waals surface area contributed by atoms with Crippen LogP contribution < -0.4 is 10.6 Å². The number of aromatic nitrogens is 4. The van der Waals surface area contributed by atoms with Crippen LogP contribution in [0.15, 0.2) is 35.7 Å². The zero-order valence-corrected chi connectivity index (χ0v) is 18.9. The van der Waals surface area contributed by atoms with Crippen molar-refractivity contribution in [2.75, 3.05) is 10.6 Å². The summed E-state index contributed by atoms with van der Waals surface area (Å²) >= 11 is 6.08. The highest BCUT2D eigenvalue weighted by Gasteiger charge is 2.32. The molecule has 1 aliphatic rings. The van der Waals surface area contributed by atoms with E-state index in [0.717, 1.165) is 5.69 Å². The summed E-state index contributed by atoms with van der Waals surface area (Å²) in [5, 5.41) is 17.7. The van der Waals surface area contributed by atoms with E-state index < -0.39 is 23.7 Å². The van der Waals surface area contributed by atoms with Crippen molar-refractivity contribution in [3.05, 3.63) is 58.4 Å². The highest BCUT2D eigenvalue weighted by atomic mass is 35.5. The largest absolute Gasteiger partial charge is 0.382 e. The third-order valence-electron chi connectivity index (χ3n) is 5.31. The Morgan fingerprint density at radius 3 is 2.67 bits per heavy atom. The molecule has 2 aromatic heterocycles. The molecule has 12 heteroatoms. The van der Waals surface area contributed by atoms with Crippen LogP contribution in [0.25, 0.3) is 0 Å². The summed E-state index contributed by atoms with van der Waals surface area (Å²) in [5.74, 6) is -1.56. The molecule has 1 atom stereocenters. The number of amides is 2. The molecule has 33 heavy (non-hydrogen) atoms. The molecule has 0 aliphatic carbocycles. The van der Waals surface area contributed by atoms with Crippen molar-refractivity contribution in [1.29, 1.82) is 0 Å². The maximum Gasteiger partial charge on any atom is 0.276 e. The second-order valence-electron chi connectivity index (χ2n) is 7.37. The van der Waals surface area contributed by atoms with Gasteiger partial charge in [0.05, 0.1) is 45.8 Å². The molecule has 10 nitrogen and oxygen atoms in total. The van der Waals surface area contributed by atoms with Crippen molar-refractivity contribution in [3.8, 4) is 0 Å². The molecule has 0 saturated heterocycles. The summed E-state index contributed by atoms with van der Waals surface area (Å²) in [5.41, 5.74) is 2.02. The second kappa shape index (κ2) is 9.02. The first-order valence-corrected chi connectivity index (χ1v) is 10.5. The Morgan fingerprint density at radius 2 is 2.00 bits per heavy atom. The fraction of sp³-hybridized carbons (Fsp3) is 0.286. The molecular weight excluding hydrogens is 453 g/mol. The number of aryl methyl sites for hydroxylation is 2. The molecule has 0 radical (unpaired) electrons. The van der Waals surface area contributed by atoms with Crippen LogP contribution in [0, 0.1) is 12.7 Å². The molecule has 172 valence electrons. The van der Waals surface area contributed by atoms with E-state index in [1.807, 2.05) is 13.8 Å². The number of benzene rings is 1. The number of carbonyl (C=O) groups excluding carboxylic acids is 2. The molecule has 0 saturated carbocycles. The summed E-state index contributed by atoms with van der Waals surface area (Å²) < 4.78 is 17.3. The van der Waals surface area contributed by atoms with Crippen molar-refractivity contribution in [1.82, 2.24) is 19.6 Å². The topological polar surface area (TPSA) is 115 Å². The number of nitrogens with one attached hydrogen (secondary N) is 2. The van der Waals surface area contributed by atoms with E-state index in [1.165, 1.54) is 35.3 Å². The zero-order valence-electron chi connectivity index (χ0n) is 18.1. The van der Waals surface area contributed by atoms with Crippen LogP contribution in [0.4, 0.5) is 15.8 Å². The molecule has 1 aromatic carbocycles. The first-order valence-electron chi connectivity index (χ1n) is 10.1. The van der Waals surface area contributed by atoms with Crippen LogP contribution in [0.1, 0.15) is 35.1 Å². The van der Waals surface area contributed by atoms with Gasteiger partial charge in [-0.15, -0.1) is 0 Å². The van der Waals surface area contributed by atoms with Crippen molar-refractivity contribution in [2.24, 2.45) is 12.2 Å². The van der Waals surface area contributed by atoms with Gasteiger partial charge in [-0.1, -0.05) is 22.8 Å². The van der Waals surface area contributed by atoms with Crippen LogP contribution in [0.3, 0.4) is 0 Å². The van der Waals surface area contributed by atoms with Crippen LogP contribution in [-0.2, 0) is 23.2 Å². The number of hydrogen-bond acceptors (Lipinski definition) is 6. The zero-order chi connectivity index (χ0) is 23.7. The van der Waals surface area contributed by atoms with Crippen molar-refractivity contribution >= 4 is 40.5 Å². The Bertz CT molecular complexity index is 1250. The molecule has 0 spiro atoms. The number of anilines is 2. The maximum absolute atomic E-state index is 14.2. The van der Waals surface area contributed by atoms with E-state index in [9.17, 15) is 14.0 Å². The van der Waals surface area contributed by atoms with E-state index >= 15 is 0 Å². The van der Waals surface area contributed by atoms with Crippen LogP contribution in [0.5, 0.6) is 0 Å². The van der Waals surface area contributed by atoms with E-state index in [-0.39, 0.29) is 34.1 Å². The standard InChI is InChI=1S/C21H21ClFN7O3/c1-4-30-19(21(32)26-15-9-24-29(3)11(15)2)16(10-25-30)27-20(31)17-8-14(28-33-17)18-12(22)6-5-7-13(18)23/h5-7,9-10,17H,4,8H2,1-3H3,(H,26,32)(H,27,31). The fourth-order valence-electron chi connectivity index (χ4n) is 3.41. The number of oxime groups is 1. The predicted octanol–water partition coefficient (Wildman–Crippen LogP) is 3.12. The first-order chi connectivity index (χ1) is 15.8. The average molecular weight is 474 g/mol. The fourth-order valence-corrected chi connectivity index (χ4v) is 3.68. The summed E-state index contributed by atoms with van der Waals surface area (Å²) in [6, 6.07) is 4.27. The Kier molecular flexibility index (Phi) is 6.14. The SMILES string of the molecule is CCn1ncc(NC(=O)C2CC(c3c(F)cccc3Cl)=NO2)c1C(=O)Nc1cnn(C)c1C. The Labute approximate surface area is 193 Å². The van der Waals surface area contributed by atoms with Gasteiger partial charge >= 0.3 is 0 Å². The summed E-state index contributed by atoms with van der Waals surface area (Å²) in [4.78, 5) is 31.0. The molecule has 1 aliphatic heterocycles. The minimum atomic E-state index is -1.02. The van der Waals surface area contributed by atoms with Gasteiger partial charge in [0.1, 0.15) is 11.5 Å². The lowest BCUT2D eigenvalue weighted by Gasteiger charge is -2.12. The predicted molar refractivity (Wildman–Crippen MR) is 120 cm³/mol. The Hall–Kier alpha value is -3.73. The summed E-state index contributed by atoms with van der Waals surface area (Å²) in [6.45, 7) is 4.05. The average Bonchev–Trinajstić information content (AvgIpc) is 3.49. The van der Waals surface area contributed by atoms with Gasteiger partial charge in [0.25, 0.3) is 11.8 Å². The van der Waals surface area contributed by atoms with E-state index in [2.05, 4.69) is 26.0 Å². The lowest BCUT2D eigenvalue weighted by molar-refractivity contribution is -0.125.